The Kier molecular flexibility index (Phi) is 6.48. The van der Waals surface area contributed by atoms with Gasteiger partial charge in [-0.3, -0.25) is 14.4 Å². The number of benzene rings is 1. The van der Waals surface area contributed by atoms with Crippen molar-refractivity contribution in [2.24, 2.45) is 5.92 Å². The van der Waals surface area contributed by atoms with E-state index >= 15 is 0 Å². The Bertz CT molecular complexity index is 843. The van der Waals surface area contributed by atoms with Gasteiger partial charge in [-0.1, -0.05) is 38.5 Å². The highest BCUT2D eigenvalue weighted by molar-refractivity contribution is 8.01. The molecule has 2 aliphatic rings. The number of rotatable bonds is 7. The molecule has 0 unspecified atom stereocenters. The SMILES string of the molecule is CC[C@H](C)[C@H](NC(=O)[C@@H]1N2C(=O)c3ccccc3[C@@H]2SC1(C)C)C(=O)N[C@@H](C)CO. The number of aliphatic hydroxyl groups excluding tert-OH is 1. The number of hydrogen-bond donors (Lipinski definition) is 3. The molecule has 3 amide bonds. The van der Waals surface area contributed by atoms with Crippen molar-refractivity contribution in [1.29, 1.82) is 0 Å². The maximum absolute atomic E-state index is 13.4. The number of aliphatic hydroxyl groups is 1. The lowest BCUT2D eigenvalue weighted by atomic mass is 9.95. The van der Waals surface area contributed by atoms with E-state index in [1.165, 1.54) is 0 Å². The third kappa shape index (κ3) is 3.95. The molecule has 7 nitrogen and oxygen atoms in total. The summed E-state index contributed by atoms with van der Waals surface area (Å²) in [6, 6.07) is 5.63. The summed E-state index contributed by atoms with van der Waals surface area (Å²) in [5.41, 5.74) is 1.57. The molecule has 0 radical (unpaired) electrons. The number of thioether (sulfide) groups is 1. The predicted octanol–water partition coefficient (Wildman–Crippen LogP) is 2.06. The molecule has 3 N–H and O–H groups in total. The van der Waals surface area contributed by atoms with Crippen molar-refractivity contribution in [1.82, 2.24) is 15.5 Å². The number of nitrogens with one attached hydrogen (secondary N) is 2. The van der Waals surface area contributed by atoms with Crippen molar-refractivity contribution in [3.8, 4) is 0 Å². The summed E-state index contributed by atoms with van der Waals surface area (Å²) < 4.78 is -0.507. The van der Waals surface area contributed by atoms with E-state index in [0.29, 0.717) is 12.0 Å². The van der Waals surface area contributed by atoms with Crippen LogP contribution in [0, 0.1) is 5.92 Å². The van der Waals surface area contributed by atoms with E-state index in [-0.39, 0.29) is 35.6 Å². The van der Waals surface area contributed by atoms with E-state index in [0.717, 1.165) is 5.56 Å². The van der Waals surface area contributed by atoms with Crippen LogP contribution in [-0.2, 0) is 9.59 Å². The molecule has 164 valence electrons. The molecule has 0 aromatic heterocycles. The summed E-state index contributed by atoms with van der Waals surface area (Å²) in [4.78, 5) is 41.0. The van der Waals surface area contributed by atoms with Gasteiger partial charge in [-0.15, -0.1) is 11.8 Å². The smallest absolute Gasteiger partial charge is 0.256 e. The minimum atomic E-state index is -0.739. The fourth-order valence-corrected chi connectivity index (χ4v) is 5.71. The Morgan fingerprint density at radius 3 is 2.53 bits per heavy atom. The van der Waals surface area contributed by atoms with Crippen LogP contribution in [0.1, 0.15) is 62.3 Å². The lowest BCUT2D eigenvalue weighted by Gasteiger charge is -2.32. The maximum Gasteiger partial charge on any atom is 0.256 e. The van der Waals surface area contributed by atoms with Gasteiger partial charge in [-0.25, -0.2) is 0 Å². The van der Waals surface area contributed by atoms with Gasteiger partial charge in [0.05, 0.1) is 6.61 Å². The molecule has 5 atom stereocenters. The van der Waals surface area contributed by atoms with E-state index in [1.54, 1.807) is 29.7 Å². The van der Waals surface area contributed by atoms with Crippen LogP contribution in [0.3, 0.4) is 0 Å². The minimum Gasteiger partial charge on any atom is -0.394 e. The summed E-state index contributed by atoms with van der Waals surface area (Å²) in [5, 5.41) is 14.7. The Hall–Kier alpha value is -2.06. The van der Waals surface area contributed by atoms with Crippen molar-refractivity contribution in [2.45, 2.75) is 69.3 Å². The summed E-state index contributed by atoms with van der Waals surface area (Å²) in [6.45, 7) is 9.31. The molecule has 2 aliphatic heterocycles. The van der Waals surface area contributed by atoms with Crippen LogP contribution in [0.2, 0.25) is 0 Å². The van der Waals surface area contributed by atoms with Gasteiger partial charge in [0.1, 0.15) is 17.5 Å². The maximum atomic E-state index is 13.4. The van der Waals surface area contributed by atoms with Gasteiger partial charge in [0.25, 0.3) is 5.91 Å². The van der Waals surface area contributed by atoms with Gasteiger partial charge >= 0.3 is 0 Å². The van der Waals surface area contributed by atoms with Crippen LogP contribution in [0.15, 0.2) is 24.3 Å². The van der Waals surface area contributed by atoms with E-state index in [9.17, 15) is 19.5 Å². The second kappa shape index (κ2) is 8.59. The quantitative estimate of drug-likeness (QED) is 0.611. The number of carbonyl (C=O) groups excluding carboxylic acids is 3. The number of fused-ring (bicyclic) bond motifs is 3. The molecule has 8 heteroatoms. The third-order valence-electron chi connectivity index (χ3n) is 6.00. The van der Waals surface area contributed by atoms with Gasteiger partial charge < -0.3 is 20.6 Å². The summed E-state index contributed by atoms with van der Waals surface area (Å²) in [7, 11) is 0. The first kappa shape index (κ1) is 22.6. The molecule has 1 fully saturated rings. The first-order chi connectivity index (χ1) is 14.1. The largest absolute Gasteiger partial charge is 0.394 e. The minimum absolute atomic E-state index is 0.0979. The summed E-state index contributed by atoms with van der Waals surface area (Å²) in [5.74, 6) is -0.893. The molecule has 1 aromatic carbocycles. The molecule has 1 aromatic rings. The number of hydrogen-bond acceptors (Lipinski definition) is 5. The summed E-state index contributed by atoms with van der Waals surface area (Å²) in [6.07, 6.45) is 0.700. The first-order valence-electron chi connectivity index (χ1n) is 10.4. The van der Waals surface area contributed by atoms with E-state index in [2.05, 4.69) is 10.6 Å². The van der Waals surface area contributed by atoms with E-state index in [1.807, 2.05) is 45.9 Å². The molecule has 2 heterocycles. The fraction of sp³-hybridized carbons (Fsp3) is 0.591. The highest BCUT2D eigenvalue weighted by Gasteiger charge is 2.57. The molecular weight excluding hydrogens is 402 g/mol. The number of carbonyl (C=O) groups is 3. The van der Waals surface area contributed by atoms with Gasteiger partial charge in [-0.2, -0.15) is 0 Å². The molecule has 0 saturated carbocycles. The van der Waals surface area contributed by atoms with Crippen LogP contribution >= 0.6 is 11.8 Å². The van der Waals surface area contributed by atoms with Crippen molar-refractivity contribution in [3.05, 3.63) is 35.4 Å². The predicted molar refractivity (Wildman–Crippen MR) is 117 cm³/mol. The van der Waals surface area contributed by atoms with Gasteiger partial charge in [0.2, 0.25) is 11.8 Å². The van der Waals surface area contributed by atoms with E-state index in [4.69, 9.17) is 0 Å². The standard InChI is InChI=1S/C22H31N3O4S/c1-6-12(2)16(18(27)23-13(3)11-26)24-19(28)17-22(4,5)30-21-15-10-8-7-9-14(15)20(29)25(17)21/h7-10,12-13,16-17,21,26H,6,11H2,1-5H3,(H,23,27)(H,24,28)/t12-,13-,16-,17-,21-/m0/s1. The lowest BCUT2D eigenvalue weighted by molar-refractivity contribution is -0.133. The molecule has 1 saturated heterocycles. The van der Waals surface area contributed by atoms with Crippen molar-refractivity contribution < 1.29 is 19.5 Å². The average molecular weight is 434 g/mol. The van der Waals surface area contributed by atoms with Crippen molar-refractivity contribution in [3.63, 3.8) is 0 Å². The van der Waals surface area contributed by atoms with Crippen LogP contribution in [-0.4, -0.2) is 57.2 Å². The molecule has 30 heavy (non-hydrogen) atoms. The van der Waals surface area contributed by atoms with Crippen LogP contribution in [0.4, 0.5) is 0 Å². The zero-order valence-electron chi connectivity index (χ0n) is 18.1. The first-order valence-corrected chi connectivity index (χ1v) is 11.3. The topological polar surface area (TPSA) is 98.7 Å². The zero-order chi connectivity index (χ0) is 22.2. The van der Waals surface area contributed by atoms with Crippen LogP contribution < -0.4 is 10.6 Å². The van der Waals surface area contributed by atoms with Gasteiger partial charge in [0, 0.05) is 16.4 Å². The van der Waals surface area contributed by atoms with E-state index < -0.39 is 22.9 Å². The van der Waals surface area contributed by atoms with Crippen molar-refractivity contribution in [2.75, 3.05) is 6.61 Å². The monoisotopic (exact) mass is 433 g/mol. The lowest BCUT2D eigenvalue weighted by Crippen LogP contribution is -2.59. The van der Waals surface area contributed by atoms with Gasteiger partial charge in [-0.05, 0) is 38.3 Å². The number of amides is 3. The Morgan fingerprint density at radius 2 is 1.90 bits per heavy atom. The van der Waals surface area contributed by atoms with Crippen LogP contribution in [0.25, 0.3) is 0 Å². The second-order valence-electron chi connectivity index (χ2n) is 8.74. The Morgan fingerprint density at radius 1 is 1.23 bits per heavy atom. The fourth-order valence-electron chi connectivity index (χ4n) is 4.12. The second-order valence-corrected chi connectivity index (χ2v) is 10.5. The molecular formula is C22H31N3O4S. The highest BCUT2D eigenvalue weighted by atomic mass is 32.2. The Labute approximate surface area is 182 Å². The van der Waals surface area contributed by atoms with Crippen molar-refractivity contribution >= 4 is 29.5 Å². The van der Waals surface area contributed by atoms with Gasteiger partial charge in [0.15, 0.2) is 0 Å². The zero-order valence-corrected chi connectivity index (χ0v) is 19.0. The average Bonchev–Trinajstić information content (AvgIpc) is 3.14. The highest BCUT2D eigenvalue weighted by Crippen LogP contribution is 2.56. The molecule has 3 rings (SSSR count). The summed E-state index contributed by atoms with van der Waals surface area (Å²) >= 11 is 1.60. The normalized spacial score (nSPS) is 24.6. The molecule has 0 bridgehead atoms. The Balaban J connectivity index is 1.85. The molecule has 0 aliphatic carbocycles. The molecule has 0 spiro atoms. The number of nitrogens with zero attached hydrogens (tertiary/aromatic N) is 1. The third-order valence-corrected chi connectivity index (χ3v) is 7.54. The van der Waals surface area contributed by atoms with Crippen LogP contribution in [0.5, 0.6) is 0 Å².